The van der Waals surface area contributed by atoms with Gasteiger partial charge in [0.1, 0.15) is 19.3 Å². The summed E-state index contributed by atoms with van der Waals surface area (Å²) < 4.78 is 67.9. The van der Waals surface area contributed by atoms with Gasteiger partial charge in [0.2, 0.25) is 0 Å². The number of phosphoric ester groups is 2. The third-order valence-electron chi connectivity index (χ3n) is 14.7. The summed E-state index contributed by atoms with van der Waals surface area (Å²) in [5, 5.41) is 10.5. The summed E-state index contributed by atoms with van der Waals surface area (Å²) in [4.78, 5) is 72.1. The number of aliphatic hydroxyl groups excluding tert-OH is 1. The number of carbonyl (C=O) groups excluding carboxylic acids is 4. The Balaban J connectivity index is 5.26. The lowest BCUT2D eigenvalue weighted by atomic mass is 10.00. The van der Waals surface area contributed by atoms with Crippen LogP contribution in [0.15, 0.2) is 0 Å². The maximum Gasteiger partial charge on any atom is 0.472 e. The van der Waals surface area contributed by atoms with Gasteiger partial charge in [-0.1, -0.05) is 248 Å². The predicted octanol–water partition coefficient (Wildman–Crippen LogP) is 17.0. The molecule has 0 aromatic heterocycles. The summed E-state index contributed by atoms with van der Waals surface area (Å²) in [6.07, 6.45) is 32.3. The van der Waals surface area contributed by atoms with E-state index in [1.807, 2.05) is 0 Å². The molecular formula is C63H122O17P2. The molecule has 0 bridgehead atoms. The summed E-state index contributed by atoms with van der Waals surface area (Å²) in [5.41, 5.74) is 0. The number of esters is 4. The van der Waals surface area contributed by atoms with Gasteiger partial charge in [-0.2, -0.15) is 0 Å². The van der Waals surface area contributed by atoms with E-state index >= 15 is 0 Å². The molecule has 17 nitrogen and oxygen atoms in total. The minimum Gasteiger partial charge on any atom is -0.462 e. The molecule has 0 fully saturated rings. The van der Waals surface area contributed by atoms with Crippen molar-refractivity contribution in [1.82, 2.24) is 0 Å². The van der Waals surface area contributed by atoms with Gasteiger partial charge in [0, 0.05) is 25.7 Å². The Bertz CT molecular complexity index is 1650. The lowest BCUT2D eigenvalue weighted by Crippen LogP contribution is -2.30. The van der Waals surface area contributed by atoms with Gasteiger partial charge in [-0.05, 0) is 49.4 Å². The van der Waals surface area contributed by atoms with Crippen molar-refractivity contribution in [3.8, 4) is 0 Å². The van der Waals surface area contributed by atoms with E-state index in [0.717, 1.165) is 115 Å². The maximum absolute atomic E-state index is 13.0. The van der Waals surface area contributed by atoms with Crippen molar-refractivity contribution < 1.29 is 80.2 Å². The predicted molar refractivity (Wildman–Crippen MR) is 326 cm³/mol. The molecule has 0 heterocycles. The van der Waals surface area contributed by atoms with E-state index in [-0.39, 0.29) is 25.7 Å². The summed E-state index contributed by atoms with van der Waals surface area (Å²) in [7, 11) is -9.89. The molecule has 3 N–H and O–H groups in total. The van der Waals surface area contributed by atoms with E-state index in [9.17, 15) is 43.2 Å². The topological polar surface area (TPSA) is 237 Å². The first-order chi connectivity index (χ1) is 39.1. The van der Waals surface area contributed by atoms with Crippen LogP contribution in [-0.4, -0.2) is 96.7 Å². The van der Waals surface area contributed by atoms with E-state index in [4.69, 9.17) is 37.0 Å². The molecule has 0 aromatic rings. The number of phosphoric acid groups is 2. The van der Waals surface area contributed by atoms with E-state index in [1.54, 1.807) is 0 Å². The molecule has 0 spiro atoms. The van der Waals surface area contributed by atoms with Crippen molar-refractivity contribution in [1.29, 1.82) is 0 Å². The molecule has 0 aromatic carbocycles. The Hall–Kier alpha value is -1.94. The molecule has 0 saturated heterocycles. The largest absolute Gasteiger partial charge is 0.472 e. The van der Waals surface area contributed by atoms with Crippen LogP contribution >= 0.6 is 15.6 Å². The molecule has 4 unspecified atom stereocenters. The van der Waals surface area contributed by atoms with Crippen molar-refractivity contribution in [2.24, 2.45) is 23.7 Å². The maximum atomic E-state index is 13.0. The van der Waals surface area contributed by atoms with Crippen LogP contribution in [-0.2, 0) is 65.4 Å². The highest BCUT2D eigenvalue weighted by Gasteiger charge is 2.30. The van der Waals surface area contributed by atoms with E-state index in [1.165, 1.54) is 89.9 Å². The van der Waals surface area contributed by atoms with Gasteiger partial charge >= 0.3 is 39.5 Å². The van der Waals surface area contributed by atoms with Crippen molar-refractivity contribution in [3.05, 3.63) is 0 Å². The van der Waals surface area contributed by atoms with Crippen LogP contribution in [0.4, 0.5) is 0 Å². The number of hydrogen-bond acceptors (Lipinski definition) is 15. The average Bonchev–Trinajstić information content (AvgIpc) is 3.45. The van der Waals surface area contributed by atoms with Crippen LogP contribution in [0.2, 0.25) is 0 Å². The number of hydrogen-bond donors (Lipinski definition) is 3. The summed E-state index contributed by atoms with van der Waals surface area (Å²) in [6, 6.07) is 0. The Morgan fingerprint density at radius 2 is 0.585 bits per heavy atom. The first-order valence-corrected chi connectivity index (χ1v) is 35.7. The second-order valence-electron chi connectivity index (χ2n) is 24.5. The molecule has 0 aliphatic rings. The van der Waals surface area contributed by atoms with E-state index < -0.39 is 97.5 Å². The zero-order valence-corrected chi connectivity index (χ0v) is 54.9. The lowest BCUT2D eigenvalue weighted by molar-refractivity contribution is -0.161. The van der Waals surface area contributed by atoms with Crippen LogP contribution in [0.3, 0.4) is 0 Å². The van der Waals surface area contributed by atoms with Crippen LogP contribution in [0.1, 0.15) is 299 Å². The fourth-order valence-corrected chi connectivity index (χ4v) is 10.8. The zero-order valence-electron chi connectivity index (χ0n) is 53.1. The number of unbranched alkanes of at least 4 members (excludes halogenated alkanes) is 25. The molecule has 0 radical (unpaired) electrons. The van der Waals surface area contributed by atoms with Gasteiger partial charge < -0.3 is 33.8 Å². The van der Waals surface area contributed by atoms with Crippen molar-refractivity contribution >= 4 is 39.5 Å². The Morgan fingerprint density at radius 3 is 0.866 bits per heavy atom. The second-order valence-corrected chi connectivity index (χ2v) is 27.4. The van der Waals surface area contributed by atoms with Gasteiger partial charge in [-0.3, -0.25) is 37.3 Å². The van der Waals surface area contributed by atoms with Crippen LogP contribution < -0.4 is 0 Å². The number of carbonyl (C=O) groups is 4. The number of rotatable bonds is 60. The fraction of sp³-hybridized carbons (Fsp3) is 0.937. The third-order valence-corrected chi connectivity index (χ3v) is 16.6. The molecule has 0 aliphatic carbocycles. The first kappa shape index (κ1) is 80.1. The first-order valence-electron chi connectivity index (χ1n) is 32.7. The fourth-order valence-electron chi connectivity index (χ4n) is 9.22. The van der Waals surface area contributed by atoms with Gasteiger partial charge in [-0.25, -0.2) is 9.13 Å². The van der Waals surface area contributed by atoms with Gasteiger partial charge in [0.25, 0.3) is 0 Å². The van der Waals surface area contributed by atoms with E-state index in [0.29, 0.717) is 37.5 Å². The van der Waals surface area contributed by atoms with Crippen molar-refractivity contribution in [2.45, 2.75) is 318 Å². The molecule has 0 rings (SSSR count). The normalized spacial score (nSPS) is 14.8. The van der Waals surface area contributed by atoms with Crippen LogP contribution in [0, 0.1) is 23.7 Å². The number of ether oxygens (including phenoxy) is 4. The Morgan fingerprint density at radius 1 is 0.341 bits per heavy atom. The molecule has 486 valence electrons. The van der Waals surface area contributed by atoms with Crippen LogP contribution in [0.5, 0.6) is 0 Å². The van der Waals surface area contributed by atoms with Crippen molar-refractivity contribution in [2.75, 3.05) is 39.6 Å². The standard InChI is InChI=1S/C63H122O17P2/c1-9-56(8)42-34-26-21-22-28-36-44-61(66)74-50-59(80-63(68)46-38-30-20-14-17-25-33-41-55(6)7)52-78-82(71,72)76-48-57(64)47-75-81(69,70)77-51-58(49-73-60(65)43-35-27-19-13-16-24-32-40-54(4)5)79-62(67)45-37-29-18-12-10-11-15-23-31-39-53(2)3/h53-59,64H,9-52H2,1-8H3,(H,69,70)(H,71,72)/t56?,57?,58-,59-/m1/s1. The monoisotopic (exact) mass is 1210 g/mol. The van der Waals surface area contributed by atoms with Gasteiger partial charge in [0.05, 0.1) is 26.4 Å². The summed E-state index contributed by atoms with van der Waals surface area (Å²) >= 11 is 0. The third kappa shape index (κ3) is 55.9. The zero-order chi connectivity index (χ0) is 61.1. The molecule has 0 aliphatic heterocycles. The highest BCUT2D eigenvalue weighted by atomic mass is 31.2. The molecule has 6 atom stereocenters. The lowest BCUT2D eigenvalue weighted by Gasteiger charge is -2.21. The number of aliphatic hydroxyl groups is 1. The smallest absolute Gasteiger partial charge is 0.462 e. The minimum absolute atomic E-state index is 0.102. The molecule has 82 heavy (non-hydrogen) atoms. The Kier molecular flexibility index (Phi) is 52.0. The van der Waals surface area contributed by atoms with Gasteiger partial charge in [-0.15, -0.1) is 0 Å². The van der Waals surface area contributed by atoms with Crippen molar-refractivity contribution in [3.63, 3.8) is 0 Å². The highest BCUT2D eigenvalue weighted by Crippen LogP contribution is 2.45. The minimum atomic E-state index is -4.94. The summed E-state index contributed by atoms with van der Waals surface area (Å²) in [5.74, 6) is 0.724. The average molecular weight is 1210 g/mol. The van der Waals surface area contributed by atoms with E-state index in [2.05, 4.69) is 55.4 Å². The molecule has 0 amide bonds. The van der Waals surface area contributed by atoms with Crippen LogP contribution in [0.25, 0.3) is 0 Å². The quantitative estimate of drug-likeness (QED) is 0.0222. The highest BCUT2D eigenvalue weighted by molar-refractivity contribution is 7.47. The Labute approximate surface area is 498 Å². The molecule has 0 saturated carbocycles. The van der Waals surface area contributed by atoms with Gasteiger partial charge in [0.15, 0.2) is 12.2 Å². The second kappa shape index (κ2) is 53.3. The SMILES string of the molecule is CCC(C)CCCCCCCCC(=O)OC[C@H](COP(=O)(O)OCC(O)COP(=O)(O)OC[C@@H](COC(=O)CCCCCCCCCC(C)C)OC(=O)CCCCCCCCCCCC(C)C)OC(=O)CCCCCCCCCC(C)C. The summed E-state index contributed by atoms with van der Waals surface area (Å²) in [6.45, 7) is 13.9. The molecular weight excluding hydrogens is 1090 g/mol. The molecule has 19 heteroatoms.